The largest absolute Gasteiger partial charge is 0.416 e. The number of nitriles is 1. The van der Waals surface area contributed by atoms with Crippen LogP contribution in [0.25, 0.3) is 10.8 Å². The molecule has 4 rings (SSSR count). The first-order chi connectivity index (χ1) is 15.5. The molecule has 0 bridgehead atoms. The Morgan fingerprint density at radius 2 is 1.47 bits per heavy atom. The number of nitrogens with zero attached hydrogens (tertiary/aromatic N) is 2. The minimum Gasteiger partial charge on any atom is -0.265 e. The Balaban J connectivity index is 1.75. The van der Waals surface area contributed by atoms with Gasteiger partial charge in [0.05, 0.1) is 11.6 Å². The van der Waals surface area contributed by atoms with Crippen molar-refractivity contribution in [3.8, 4) is 6.07 Å². The fraction of sp³-hybridized carbons (Fsp3) is 0.111. The van der Waals surface area contributed by atoms with Crippen LogP contribution in [0.1, 0.15) is 28.3 Å². The van der Waals surface area contributed by atoms with E-state index in [9.17, 15) is 18.4 Å². The molecular formula is C27H19F3N2. The van der Waals surface area contributed by atoms with Gasteiger partial charge in [-0.2, -0.15) is 18.4 Å². The van der Waals surface area contributed by atoms with Crippen LogP contribution in [0.2, 0.25) is 0 Å². The number of aliphatic imine (C=N–C) groups is 1. The van der Waals surface area contributed by atoms with Gasteiger partial charge in [0.2, 0.25) is 0 Å². The normalized spacial score (nSPS) is 13.0. The molecule has 0 spiro atoms. The van der Waals surface area contributed by atoms with Gasteiger partial charge < -0.3 is 0 Å². The number of rotatable bonds is 5. The number of halogens is 3. The Kier molecular flexibility index (Phi) is 6.04. The monoisotopic (exact) mass is 428 g/mol. The number of fused-ring (bicyclic) bond motifs is 1. The summed E-state index contributed by atoms with van der Waals surface area (Å²) in [5, 5.41) is 12.0. The van der Waals surface area contributed by atoms with Gasteiger partial charge >= 0.3 is 6.18 Å². The maximum absolute atomic E-state index is 12.9. The second kappa shape index (κ2) is 9.07. The van der Waals surface area contributed by atoms with Crippen LogP contribution in [0.5, 0.6) is 0 Å². The van der Waals surface area contributed by atoms with E-state index in [1.807, 2.05) is 66.7 Å². The van der Waals surface area contributed by atoms with E-state index in [1.165, 1.54) is 12.1 Å². The van der Waals surface area contributed by atoms with E-state index in [0.29, 0.717) is 12.0 Å². The zero-order valence-electron chi connectivity index (χ0n) is 17.1. The van der Waals surface area contributed by atoms with Crippen LogP contribution in [-0.4, -0.2) is 5.71 Å². The van der Waals surface area contributed by atoms with Gasteiger partial charge in [0.25, 0.3) is 0 Å². The van der Waals surface area contributed by atoms with Crippen LogP contribution < -0.4 is 0 Å². The molecule has 0 saturated carbocycles. The van der Waals surface area contributed by atoms with Crippen molar-refractivity contribution < 1.29 is 13.2 Å². The first-order valence-electron chi connectivity index (χ1n) is 10.1. The zero-order valence-corrected chi connectivity index (χ0v) is 17.1. The lowest BCUT2D eigenvalue weighted by Crippen LogP contribution is -2.08. The van der Waals surface area contributed by atoms with Gasteiger partial charge in [-0.3, -0.25) is 4.99 Å². The predicted octanol–water partition coefficient (Wildman–Crippen LogP) is 7.16. The fourth-order valence-electron chi connectivity index (χ4n) is 3.73. The molecule has 32 heavy (non-hydrogen) atoms. The third kappa shape index (κ3) is 4.70. The van der Waals surface area contributed by atoms with Crippen LogP contribution >= 0.6 is 0 Å². The van der Waals surface area contributed by atoms with Gasteiger partial charge in [0, 0.05) is 5.56 Å². The summed E-state index contributed by atoms with van der Waals surface area (Å²) in [5.74, 6) is 0. The van der Waals surface area contributed by atoms with Crippen molar-refractivity contribution >= 4 is 16.5 Å². The van der Waals surface area contributed by atoms with Gasteiger partial charge in [0.1, 0.15) is 11.8 Å². The van der Waals surface area contributed by atoms with Gasteiger partial charge in [-0.15, -0.1) is 0 Å². The summed E-state index contributed by atoms with van der Waals surface area (Å²) in [6, 6.07) is 30.0. The highest BCUT2D eigenvalue weighted by Gasteiger charge is 2.30. The summed E-state index contributed by atoms with van der Waals surface area (Å²) in [6.45, 7) is 0. The molecule has 0 amide bonds. The summed E-state index contributed by atoms with van der Waals surface area (Å²) in [7, 11) is 0. The molecule has 0 radical (unpaired) electrons. The molecule has 0 aliphatic rings. The summed E-state index contributed by atoms with van der Waals surface area (Å²) in [5.41, 5.74) is 1.73. The Morgan fingerprint density at radius 1 is 0.812 bits per heavy atom. The number of benzene rings is 4. The van der Waals surface area contributed by atoms with E-state index in [4.69, 9.17) is 4.99 Å². The molecule has 158 valence electrons. The maximum atomic E-state index is 12.9. The summed E-state index contributed by atoms with van der Waals surface area (Å²) >= 11 is 0. The van der Waals surface area contributed by atoms with E-state index in [-0.39, 0.29) is 11.8 Å². The molecule has 0 unspecified atom stereocenters. The van der Waals surface area contributed by atoms with Crippen LogP contribution in [0, 0.1) is 11.3 Å². The standard InChI is InChI=1S/C27H19F3N2/c28-27(29,30)23-15-13-21(14-16-23)26(18-31)32-25(20-8-2-1-3-9-20)17-22-11-6-10-19-7-4-5-12-24(19)22/h1-16,25H,17H2/b32-26+/t25-/m1/s1. The summed E-state index contributed by atoms with van der Waals surface area (Å²) in [6.07, 6.45) is -3.87. The van der Waals surface area contributed by atoms with Crippen LogP contribution in [0.15, 0.2) is 102 Å². The SMILES string of the molecule is N#C/C(=N\[C@H](Cc1cccc2ccccc12)c1ccccc1)c1ccc(C(F)(F)F)cc1. The first-order valence-corrected chi connectivity index (χ1v) is 10.1. The van der Waals surface area contributed by atoms with Crippen molar-refractivity contribution in [1.82, 2.24) is 0 Å². The highest BCUT2D eigenvalue weighted by Crippen LogP contribution is 2.30. The number of hydrogen-bond acceptors (Lipinski definition) is 2. The van der Waals surface area contributed by atoms with Gasteiger partial charge in [-0.05, 0) is 40.5 Å². The fourth-order valence-corrected chi connectivity index (χ4v) is 3.73. The Morgan fingerprint density at radius 3 is 2.16 bits per heavy atom. The molecule has 0 N–H and O–H groups in total. The molecular weight excluding hydrogens is 409 g/mol. The molecule has 0 aromatic heterocycles. The molecule has 0 heterocycles. The quantitative estimate of drug-likeness (QED) is 0.311. The summed E-state index contributed by atoms with van der Waals surface area (Å²) in [4.78, 5) is 4.70. The number of alkyl halides is 3. The molecule has 4 aromatic carbocycles. The van der Waals surface area contributed by atoms with Crippen molar-refractivity contribution in [2.24, 2.45) is 4.99 Å². The highest BCUT2D eigenvalue weighted by atomic mass is 19.4. The van der Waals surface area contributed by atoms with E-state index in [1.54, 1.807) is 0 Å². The second-order valence-electron chi connectivity index (χ2n) is 7.43. The lowest BCUT2D eigenvalue weighted by molar-refractivity contribution is -0.137. The van der Waals surface area contributed by atoms with E-state index >= 15 is 0 Å². The Hall–Kier alpha value is -3.91. The van der Waals surface area contributed by atoms with E-state index < -0.39 is 11.7 Å². The molecule has 0 aliphatic carbocycles. The topological polar surface area (TPSA) is 36.1 Å². The lowest BCUT2D eigenvalue weighted by Gasteiger charge is -2.16. The molecule has 2 nitrogen and oxygen atoms in total. The second-order valence-corrected chi connectivity index (χ2v) is 7.43. The average Bonchev–Trinajstić information content (AvgIpc) is 2.82. The van der Waals surface area contributed by atoms with Crippen molar-refractivity contribution in [3.63, 3.8) is 0 Å². The average molecular weight is 428 g/mol. The highest BCUT2D eigenvalue weighted by molar-refractivity contribution is 6.11. The predicted molar refractivity (Wildman–Crippen MR) is 120 cm³/mol. The minimum atomic E-state index is -4.43. The smallest absolute Gasteiger partial charge is 0.265 e. The molecule has 1 atom stereocenters. The zero-order chi connectivity index (χ0) is 22.6. The third-order valence-electron chi connectivity index (χ3n) is 5.35. The molecule has 0 fully saturated rings. The van der Waals surface area contributed by atoms with Crippen LogP contribution in [-0.2, 0) is 12.6 Å². The van der Waals surface area contributed by atoms with Crippen molar-refractivity contribution in [2.75, 3.05) is 0 Å². The Bertz CT molecular complexity index is 1280. The van der Waals surface area contributed by atoms with E-state index in [0.717, 1.165) is 34.0 Å². The lowest BCUT2D eigenvalue weighted by atomic mass is 9.95. The summed E-state index contributed by atoms with van der Waals surface area (Å²) < 4.78 is 38.7. The molecule has 4 aromatic rings. The molecule has 0 aliphatic heterocycles. The van der Waals surface area contributed by atoms with Crippen molar-refractivity contribution in [1.29, 1.82) is 5.26 Å². The molecule has 0 saturated heterocycles. The Labute approximate surface area is 184 Å². The van der Waals surface area contributed by atoms with E-state index in [2.05, 4.69) is 12.1 Å². The maximum Gasteiger partial charge on any atom is 0.416 e. The van der Waals surface area contributed by atoms with Gasteiger partial charge in [0.15, 0.2) is 0 Å². The van der Waals surface area contributed by atoms with Crippen LogP contribution in [0.4, 0.5) is 13.2 Å². The van der Waals surface area contributed by atoms with Gasteiger partial charge in [-0.1, -0.05) is 84.9 Å². The first kappa shape index (κ1) is 21.3. The number of hydrogen-bond donors (Lipinski definition) is 0. The van der Waals surface area contributed by atoms with Crippen molar-refractivity contribution in [3.05, 3.63) is 119 Å². The minimum absolute atomic E-state index is 0.104. The van der Waals surface area contributed by atoms with Crippen LogP contribution in [0.3, 0.4) is 0 Å². The third-order valence-corrected chi connectivity index (χ3v) is 5.35. The molecule has 5 heteroatoms. The van der Waals surface area contributed by atoms with Crippen molar-refractivity contribution in [2.45, 2.75) is 18.6 Å². The van der Waals surface area contributed by atoms with Gasteiger partial charge in [-0.25, -0.2) is 0 Å².